The molecule has 2 aromatic carbocycles. The Labute approximate surface area is 121 Å². The summed E-state index contributed by atoms with van der Waals surface area (Å²) >= 11 is 0. The number of hydrogen-bond donors (Lipinski definition) is 0. The molecule has 0 radical (unpaired) electrons. The van der Waals surface area contributed by atoms with Crippen LogP contribution in [0.4, 0.5) is 35.1 Å². The molecule has 2 aromatic rings. The summed E-state index contributed by atoms with van der Waals surface area (Å²) in [4.78, 5) is -3.88. The van der Waals surface area contributed by atoms with Gasteiger partial charge in [-0.15, -0.1) is 0 Å². The normalized spacial score (nSPS) is 14.8. The minimum absolute atomic E-state index is 1.74. The van der Waals surface area contributed by atoms with E-state index in [1.54, 1.807) is 0 Å². The second kappa shape index (κ2) is 4.43. The molecule has 1 heterocycles. The SMILES string of the molecule is O=S1(=O)c2c(F)c(F)c(F)c(F)c2-c2c(F)c(F)c(F)c(F)c21. The third kappa shape index (κ3) is 1.65. The van der Waals surface area contributed by atoms with E-state index in [-0.39, 0.29) is 0 Å². The largest absolute Gasteiger partial charge is 0.218 e. The first-order valence-corrected chi connectivity index (χ1v) is 6.99. The van der Waals surface area contributed by atoms with E-state index in [4.69, 9.17) is 0 Å². The van der Waals surface area contributed by atoms with Crippen molar-refractivity contribution in [3.05, 3.63) is 46.5 Å². The molecular formula is C12F8O2S. The van der Waals surface area contributed by atoms with E-state index >= 15 is 0 Å². The van der Waals surface area contributed by atoms with Crippen LogP contribution in [0.2, 0.25) is 0 Å². The van der Waals surface area contributed by atoms with Crippen LogP contribution in [0.3, 0.4) is 0 Å². The minimum atomic E-state index is -5.49. The van der Waals surface area contributed by atoms with Crippen molar-refractivity contribution in [2.45, 2.75) is 9.79 Å². The molecule has 1 aliphatic rings. The molecule has 1 aliphatic heterocycles. The van der Waals surface area contributed by atoms with Crippen molar-refractivity contribution in [3.8, 4) is 11.1 Å². The van der Waals surface area contributed by atoms with Gasteiger partial charge in [0.25, 0.3) is 0 Å². The third-order valence-electron chi connectivity index (χ3n) is 3.24. The highest BCUT2D eigenvalue weighted by atomic mass is 32.2. The quantitative estimate of drug-likeness (QED) is 0.266. The van der Waals surface area contributed by atoms with Crippen LogP contribution < -0.4 is 0 Å². The van der Waals surface area contributed by atoms with Gasteiger partial charge >= 0.3 is 0 Å². The van der Waals surface area contributed by atoms with Gasteiger partial charge in [0.1, 0.15) is 9.79 Å². The van der Waals surface area contributed by atoms with Crippen LogP contribution in [0.25, 0.3) is 11.1 Å². The highest BCUT2D eigenvalue weighted by molar-refractivity contribution is 7.92. The van der Waals surface area contributed by atoms with E-state index in [0.717, 1.165) is 0 Å². The Balaban J connectivity index is 2.70. The standard InChI is InChI=1S/C12F8O2S/c13-3-1-2-4(14)6(16)8(18)10(20)12(2)23(21,22)11(1)9(19)7(17)5(3)15. The van der Waals surface area contributed by atoms with Gasteiger partial charge in [-0.3, -0.25) is 0 Å². The molecular weight excluding hydrogens is 360 g/mol. The summed E-state index contributed by atoms with van der Waals surface area (Å²) in [5, 5.41) is 0. The highest BCUT2D eigenvalue weighted by Crippen LogP contribution is 2.50. The van der Waals surface area contributed by atoms with Gasteiger partial charge < -0.3 is 0 Å². The van der Waals surface area contributed by atoms with Crippen molar-refractivity contribution >= 4 is 9.84 Å². The van der Waals surface area contributed by atoms with Crippen molar-refractivity contribution < 1.29 is 43.5 Å². The van der Waals surface area contributed by atoms with E-state index < -0.39 is 77.3 Å². The second-order valence-electron chi connectivity index (χ2n) is 4.42. The van der Waals surface area contributed by atoms with Gasteiger partial charge in [0.2, 0.25) is 9.84 Å². The van der Waals surface area contributed by atoms with E-state index in [9.17, 15) is 43.5 Å². The Kier molecular flexibility index (Phi) is 3.03. The zero-order chi connectivity index (χ0) is 17.4. The van der Waals surface area contributed by atoms with Crippen molar-refractivity contribution in [2.24, 2.45) is 0 Å². The molecule has 2 nitrogen and oxygen atoms in total. The lowest BCUT2D eigenvalue weighted by molar-refractivity contribution is 0.395. The predicted molar refractivity (Wildman–Crippen MR) is 57.0 cm³/mol. The van der Waals surface area contributed by atoms with E-state index in [2.05, 4.69) is 0 Å². The first-order valence-electron chi connectivity index (χ1n) is 5.50. The van der Waals surface area contributed by atoms with Gasteiger partial charge in [-0.1, -0.05) is 0 Å². The van der Waals surface area contributed by atoms with Gasteiger partial charge in [-0.25, -0.2) is 43.5 Å². The summed E-state index contributed by atoms with van der Waals surface area (Å²) in [6, 6.07) is 0. The Morgan fingerprint density at radius 2 is 0.696 bits per heavy atom. The second-order valence-corrected chi connectivity index (χ2v) is 6.25. The first-order chi connectivity index (χ1) is 10.5. The maximum absolute atomic E-state index is 13.8. The molecule has 0 aliphatic carbocycles. The van der Waals surface area contributed by atoms with Crippen molar-refractivity contribution in [2.75, 3.05) is 0 Å². The molecule has 3 rings (SSSR count). The molecule has 0 atom stereocenters. The number of rotatable bonds is 0. The van der Waals surface area contributed by atoms with E-state index in [1.807, 2.05) is 0 Å². The third-order valence-corrected chi connectivity index (χ3v) is 5.08. The van der Waals surface area contributed by atoms with Gasteiger partial charge in [-0.05, 0) is 0 Å². The summed E-state index contributed by atoms with van der Waals surface area (Å²) in [5.41, 5.74) is -3.49. The lowest BCUT2D eigenvalue weighted by Crippen LogP contribution is -2.08. The maximum atomic E-state index is 13.8. The number of sulfone groups is 1. The van der Waals surface area contributed by atoms with Crippen LogP contribution in [0, 0.1) is 46.5 Å². The lowest BCUT2D eigenvalue weighted by atomic mass is 10.0. The molecule has 0 unspecified atom stereocenters. The predicted octanol–water partition coefficient (Wildman–Crippen LogP) is 3.61. The number of hydrogen-bond acceptors (Lipinski definition) is 2. The van der Waals surface area contributed by atoms with Crippen molar-refractivity contribution in [3.63, 3.8) is 0 Å². The minimum Gasteiger partial charge on any atom is -0.218 e. The fraction of sp³-hybridized carbons (Fsp3) is 0. The summed E-state index contributed by atoms with van der Waals surface area (Å²) in [6.07, 6.45) is 0. The molecule has 0 saturated carbocycles. The monoisotopic (exact) mass is 360 g/mol. The zero-order valence-electron chi connectivity index (χ0n) is 10.2. The Bertz CT molecular complexity index is 938. The number of halogens is 8. The van der Waals surface area contributed by atoms with Gasteiger partial charge in [0, 0.05) is 11.1 Å². The fourth-order valence-electron chi connectivity index (χ4n) is 2.28. The molecule has 11 heteroatoms. The Morgan fingerprint density at radius 3 is 1.00 bits per heavy atom. The van der Waals surface area contributed by atoms with Crippen LogP contribution in [0.15, 0.2) is 9.79 Å². The zero-order valence-corrected chi connectivity index (χ0v) is 11.1. The van der Waals surface area contributed by atoms with E-state index in [1.165, 1.54) is 0 Å². The van der Waals surface area contributed by atoms with Crippen molar-refractivity contribution in [1.29, 1.82) is 0 Å². The average molecular weight is 360 g/mol. The Hall–Kier alpha value is -2.17. The molecule has 0 N–H and O–H groups in total. The van der Waals surface area contributed by atoms with Crippen LogP contribution in [-0.4, -0.2) is 8.42 Å². The number of benzene rings is 2. The summed E-state index contributed by atoms with van der Waals surface area (Å²) in [6.45, 7) is 0. The molecule has 0 bridgehead atoms. The first kappa shape index (κ1) is 15.7. The van der Waals surface area contributed by atoms with Crippen LogP contribution >= 0.6 is 0 Å². The van der Waals surface area contributed by atoms with Gasteiger partial charge in [0.15, 0.2) is 46.5 Å². The van der Waals surface area contributed by atoms with Crippen LogP contribution in [0.5, 0.6) is 0 Å². The topological polar surface area (TPSA) is 34.1 Å². The summed E-state index contributed by atoms with van der Waals surface area (Å²) < 4.78 is 132. The molecule has 0 amide bonds. The summed E-state index contributed by atoms with van der Waals surface area (Å²) in [7, 11) is -5.49. The van der Waals surface area contributed by atoms with Gasteiger partial charge in [0.05, 0.1) is 0 Å². The molecule has 0 fully saturated rings. The lowest BCUT2D eigenvalue weighted by Gasteiger charge is -2.06. The van der Waals surface area contributed by atoms with Crippen LogP contribution in [-0.2, 0) is 9.84 Å². The van der Waals surface area contributed by atoms with Gasteiger partial charge in [-0.2, -0.15) is 0 Å². The molecule has 0 aromatic heterocycles. The smallest absolute Gasteiger partial charge is 0.214 e. The fourth-order valence-corrected chi connectivity index (χ4v) is 4.05. The summed E-state index contributed by atoms with van der Waals surface area (Å²) in [5.74, 6) is -19.8. The molecule has 0 spiro atoms. The Morgan fingerprint density at radius 1 is 0.435 bits per heavy atom. The molecule has 23 heavy (non-hydrogen) atoms. The van der Waals surface area contributed by atoms with Crippen molar-refractivity contribution in [1.82, 2.24) is 0 Å². The average Bonchev–Trinajstić information content (AvgIpc) is 2.74. The maximum Gasteiger partial charge on any atom is 0.214 e. The van der Waals surface area contributed by atoms with Crippen LogP contribution in [0.1, 0.15) is 0 Å². The molecule has 122 valence electrons. The van der Waals surface area contributed by atoms with E-state index in [0.29, 0.717) is 0 Å². The number of fused-ring (bicyclic) bond motifs is 3. The highest BCUT2D eigenvalue weighted by Gasteiger charge is 2.47. The molecule has 0 saturated heterocycles.